The highest BCUT2D eigenvalue weighted by molar-refractivity contribution is 5.80. The number of hydrogen-bond donors (Lipinski definition) is 0. The molecule has 1 aromatic carbocycles. The first-order valence-corrected chi connectivity index (χ1v) is 5.57. The molecule has 0 saturated heterocycles. The molecule has 0 spiro atoms. The van der Waals surface area contributed by atoms with Crippen LogP contribution in [0.1, 0.15) is 10.4 Å². The van der Waals surface area contributed by atoms with E-state index in [0.717, 1.165) is 6.29 Å². The number of carbonyl (C=O) groups excluding carboxylic acids is 1. The molecule has 0 fully saturated rings. The van der Waals surface area contributed by atoms with Crippen LogP contribution in [-0.2, 0) is 6.54 Å². The van der Waals surface area contributed by atoms with Crippen LogP contribution < -0.4 is 9.47 Å². The van der Waals surface area contributed by atoms with Gasteiger partial charge in [0.05, 0.1) is 19.2 Å². The SMILES string of the molecule is COc1ccc(OCCn2cccn2)c(C=O)c1. The molecular formula is C13H14N2O3. The van der Waals surface area contributed by atoms with Crippen molar-refractivity contribution in [2.75, 3.05) is 13.7 Å². The molecule has 94 valence electrons. The van der Waals surface area contributed by atoms with Crippen molar-refractivity contribution in [3.05, 3.63) is 42.2 Å². The first kappa shape index (κ1) is 12.2. The zero-order chi connectivity index (χ0) is 12.8. The molecule has 1 aromatic heterocycles. The van der Waals surface area contributed by atoms with Crippen LogP contribution in [0.3, 0.4) is 0 Å². The summed E-state index contributed by atoms with van der Waals surface area (Å²) < 4.78 is 12.4. The van der Waals surface area contributed by atoms with E-state index in [2.05, 4.69) is 5.10 Å². The Balaban J connectivity index is 1.98. The molecular weight excluding hydrogens is 232 g/mol. The molecule has 5 nitrogen and oxygen atoms in total. The van der Waals surface area contributed by atoms with Crippen LogP contribution in [-0.4, -0.2) is 29.8 Å². The van der Waals surface area contributed by atoms with Gasteiger partial charge in [0.2, 0.25) is 0 Å². The zero-order valence-electron chi connectivity index (χ0n) is 10.1. The van der Waals surface area contributed by atoms with E-state index in [9.17, 15) is 4.79 Å². The third-order valence-corrected chi connectivity index (χ3v) is 2.48. The molecule has 2 aromatic rings. The molecule has 0 aliphatic rings. The van der Waals surface area contributed by atoms with Gasteiger partial charge < -0.3 is 9.47 Å². The summed E-state index contributed by atoms with van der Waals surface area (Å²) in [5.74, 6) is 1.19. The second-order valence-corrected chi connectivity index (χ2v) is 3.64. The van der Waals surface area contributed by atoms with E-state index in [-0.39, 0.29) is 0 Å². The highest BCUT2D eigenvalue weighted by atomic mass is 16.5. The van der Waals surface area contributed by atoms with Crippen molar-refractivity contribution in [1.29, 1.82) is 0 Å². The molecule has 0 unspecified atom stereocenters. The largest absolute Gasteiger partial charge is 0.497 e. The van der Waals surface area contributed by atoms with Gasteiger partial charge >= 0.3 is 0 Å². The normalized spacial score (nSPS) is 10.1. The number of hydrogen-bond acceptors (Lipinski definition) is 4. The van der Waals surface area contributed by atoms with Gasteiger partial charge in [-0.1, -0.05) is 0 Å². The predicted octanol–water partition coefficient (Wildman–Crippen LogP) is 1.78. The molecule has 0 aliphatic heterocycles. The quantitative estimate of drug-likeness (QED) is 0.729. The lowest BCUT2D eigenvalue weighted by atomic mass is 10.2. The van der Waals surface area contributed by atoms with Gasteiger partial charge in [0.1, 0.15) is 18.1 Å². The van der Waals surface area contributed by atoms with Crippen molar-refractivity contribution in [2.45, 2.75) is 6.54 Å². The number of ether oxygens (including phenoxy) is 2. The van der Waals surface area contributed by atoms with Crippen molar-refractivity contribution in [3.8, 4) is 11.5 Å². The van der Waals surface area contributed by atoms with Gasteiger partial charge in [-0.2, -0.15) is 5.10 Å². The van der Waals surface area contributed by atoms with Crippen molar-refractivity contribution in [2.24, 2.45) is 0 Å². The van der Waals surface area contributed by atoms with Crippen LogP contribution in [0.5, 0.6) is 11.5 Å². The van der Waals surface area contributed by atoms with Gasteiger partial charge in [-0.25, -0.2) is 0 Å². The molecule has 0 saturated carbocycles. The third kappa shape index (κ3) is 2.88. The Morgan fingerprint density at radius 2 is 2.33 bits per heavy atom. The first-order chi connectivity index (χ1) is 8.83. The average Bonchev–Trinajstić information content (AvgIpc) is 2.92. The van der Waals surface area contributed by atoms with E-state index in [4.69, 9.17) is 9.47 Å². The van der Waals surface area contributed by atoms with Crippen LogP contribution >= 0.6 is 0 Å². The Bertz CT molecular complexity index is 509. The number of rotatable bonds is 6. The number of methoxy groups -OCH3 is 1. The molecule has 18 heavy (non-hydrogen) atoms. The maximum atomic E-state index is 10.9. The number of benzene rings is 1. The Morgan fingerprint density at radius 1 is 1.44 bits per heavy atom. The van der Waals surface area contributed by atoms with Gasteiger partial charge in [-0.3, -0.25) is 9.48 Å². The van der Waals surface area contributed by atoms with Crippen LogP contribution in [0, 0.1) is 0 Å². The van der Waals surface area contributed by atoms with E-state index >= 15 is 0 Å². The van der Waals surface area contributed by atoms with E-state index in [0.29, 0.717) is 30.2 Å². The summed E-state index contributed by atoms with van der Waals surface area (Å²) in [6.07, 6.45) is 4.33. The number of aldehydes is 1. The standard InChI is InChI=1S/C13H14N2O3/c1-17-12-3-4-13(11(9-12)10-16)18-8-7-15-6-2-5-14-15/h2-6,9-10H,7-8H2,1H3. The second kappa shape index (κ2) is 5.86. The maximum absolute atomic E-state index is 10.9. The van der Waals surface area contributed by atoms with Crippen LogP contribution in [0.15, 0.2) is 36.7 Å². The average molecular weight is 246 g/mol. The molecule has 0 bridgehead atoms. The monoisotopic (exact) mass is 246 g/mol. The Labute approximate surface area is 105 Å². The Morgan fingerprint density at radius 3 is 3.00 bits per heavy atom. The van der Waals surface area contributed by atoms with Crippen molar-refractivity contribution in [3.63, 3.8) is 0 Å². The first-order valence-electron chi connectivity index (χ1n) is 5.57. The van der Waals surface area contributed by atoms with Gasteiger partial charge in [0.25, 0.3) is 0 Å². The summed E-state index contributed by atoms with van der Waals surface area (Å²) in [5, 5.41) is 4.06. The van der Waals surface area contributed by atoms with E-state index in [1.807, 2.05) is 12.3 Å². The molecule has 0 atom stereocenters. The summed E-state index contributed by atoms with van der Waals surface area (Å²) in [6.45, 7) is 1.09. The molecule has 1 heterocycles. The van der Waals surface area contributed by atoms with Crippen LogP contribution in [0.4, 0.5) is 0 Å². The summed E-state index contributed by atoms with van der Waals surface area (Å²) in [7, 11) is 1.56. The second-order valence-electron chi connectivity index (χ2n) is 3.64. The van der Waals surface area contributed by atoms with Gasteiger partial charge in [-0.05, 0) is 24.3 Å². The fourth-order valence-electron chi connectivity index (χ4n) is 1.56. The van der Waals surface area contributed by atoms with Gasteiger partial charge in [0, 0.05) is 12.4 Å². The van der Waals surface area contributed by atoms with Crippen LogP contribution in [0.2, 0.25) is 0 Å². The number of nitrogens with zero attached hydrogens (tertiary/aromatic N) is 2. The third-order valence-electron chi connectivity index (χ3n) is 2.48. The molecule has 5 heteroatoms. The molecule has 2 rings (SSSR count). The van der Waals surface area contributed by atoms with Gasteiger partial charge in [0.15, 0.2) is 6.29 Å². The van der Waals surface area contributed by atoms with E-state index in [1.165, 1.54) is 0 Å². The summed E-state index contributed by atoms with van der Waals surface area (Å²) in [4.78, 5) is 10.9. The number of aromatic nitrogens is 2. The highest BCUT2D eigenvalue weighted by Crippen LogP contribution is 2.22. The minimum atomic E-state index is 0.453. The van der Waals surface area contributed by atoms with E-state index < -0.39 is 0 Å². The predicted molar refractivity (Wildman–Crippen MR) is 66.1 cm³/mol. The fraction of sp³-hybridized carbons (Fsp3) is 0.231. The minimum absolute atomic E-state index is 0.453. The van der Waals surface area contributed by atoms with Gasteiger partial charge in [-0.15, -0.1) is 0 Å². The summed E-state index contributed by atoms with van der Waals surface area (Å²) in [6, 6.07) is 6.99. The lowest BCUT2D eigenvalue weighted by Gasteiger charge is -2.09. The highest BCUT2D eigenvalue weighted by Gasteiger charge is 2.04. The number of carbonyl (C=O) groups is 1. The summed E-state index contributed by atoms with van der Waals surface area (Å²) in [5.41, 5.74) is 0.481. The van der Waals surface area contributed by atoms with Crippen molar-refractivity contribution < 1.29 is 14.3 Å². The minimum Gasteiger partial charge on any atom is -0.497 e. The van der Waals surface area contributed by atoms with Crippen molar-refractivity contribution >= 4 is 6.29 Å². The smallest absolute Gasteiger partial charge is 0.153 e. The zero-order valence-corrected chi connectivity index (χ0v) is 10.1. The van der Waals surface area contributed by atoms with E-state index in [1.54, 1.807) is 36.2 Å². The molecule has 0 N–H and O–H groups in total. The molecule has 0 aliphatic carbocycles. The van der Waals surface area contributed by atoms with Crippen molar-refractivity contribution in [1.82, 2.24) is 9.78 Å². The lowest BCUT2D eigenvalue weighted by Crippen LogP contribution is -2.09. The Hall–Kier alpha value is -2.30. The summed E-state index contributed by atoms with van der Waals surface area (Å²) >= 11 is 0. The Kier molecular flexibility index (Phi) is 3.96. The fourth-order valence-corrected chi connectivity index (χ4v) is 1.56. The molecule has 0 amide bonds. The topological polar surface area (TPSA) is 53.4 Å². The maximum Gasteiger partial charge on any atom is 0.153 e. The lowest BCUT2D eigenvalue weighted by molar-refractivity contribution is 0.111. The van der Waals surface area contributed by atoms with Crippen LogP contribution in [0.25, 0.3) is 0 Å². The molecule has 0 radical (unpaired) electrons.